The largest absolute Gasteiger partial charge is 0.389 e. The van der Waals surface area contributed by atoms with Crippen LogP contribution in [0.3, 0.4) is 0 Å². The van der Waals surface area contributed by atoms with Gasteiger partial charge in [-0.2, -0.15) is 0 Å². The van der Waals surface area contributed by atoms with Crippen molar-refractivity contribution in [2.75, 3.05) is 20.7 Å². The minimum absolute atomic E-state index is 0.0727. The Morgan fingerprint density at radius 3 is 2.77 bits per heavy atom. The quantitative estimate of drug-likeness (QED) is 0.893. The molecule has 5 atom stereocenters. The van der Waals surface area contributed by atoms with Gasteiger partial charge in [0.05, 0.1) is 36.5 Å². The Hall–Kier alpha value is -1.79. The molecule has 26 heavy (non-hydrogen) atoms. The maximum atomic E-state index is 10.5. The third-order valence-electron chi connectivity index (χ3n) is 4.96. The summed E-state index contributed by atoms with van der Waals surface area (Å²) in [4.78, 5) is 6.48. The monoisotopic (exact) mass is 356 g/mol. The van der Waals surface area contributed by atoms with Crippen LogP contribution in [0.15, 0.2) is 42.6 Å². The smallest absolute Gasteiger partial charge is 0.102 e. The van der Waals surface area contributed by atoms with Crippen molar-refractivity contribution in [2.24, 2.45) is 0 Å². The molecule has 1 unspecified atom stereocenters. The molecule has 0 saturated carbocycles. The molecule has 1 aromatic carbocycles. The van der Waals surface area contributed by atoms with Gasteiger partial charge >= 0.3 is 0 Å². The van der Waals surface area contributed by atoms with E-state index < -0.39 is 6.10 Å². The Balaban J connectivity index is 1.64. The van der Waals surface area contributed by atoms with Crippen molar-refractivity contribution in [1.82, 2.24) is 9.88 Å². The zero-order chi connectivity index (χ0) is 18.7. The molecule has 2 heterocycles. The highest BCUT2D eigenvalue weighted by Crippen LogP contribution is 2.26. The molecule has 1 aliphatic rings. The lowest BCUT2D eigenvalue weighted by Gasteiger charge is -2.45. The third-order valence-corrected chi connectivity index (χ3v) is 4.96. The van der Waals surface area contributed by atoms with Gasteiger partial charge in [-0.15, -0.1) is 0 Å². The zero-order valence-corrected chi connectivity index (χ0v) is 15.9. The van der Waals surface area contributed by atoms with Crippen LogP contribution in [-0.2, 0) is 9.47 Å². The minimum atomic E-state index is -0.570. The van der Waals surface area contributed by atoms with Gasteiger partial charge in [-0.05, 0) is 45.6 Å². The number of hydrogen-bond acceptors (Lipinski definition) is 5. The number of fused-ring (bicyclic) bond motifs is 1. The SMILES string of the molecule is CC1O[C@H](C)[C@@H](OC/C=C/c2cnc3ccccc3c2)[C@H](N(C)C)[C@H]1O. The molecule has 1 aromatic heterocycles. The van der Waals surface area contributed by atoms with E-state index in [0.717, 1.165) is 16.5 Å². The molecule has 5 nitrogen and oxygen atoms in total. The van der Waals surface area contributed by atoms with Crippen LogP contribution in [0, 0.1) is 0 Å². The number of benzene rings is 1. The predicted molar refractivity (Wildman–Crippen MR) is 104 cm³/mol. The molecule has 140 valence electrons. The van der Waals surface area contributed by atoms with Gasteiger partial charge in [-0.3, -0.25) is 4.98 Å². The fraction of sp³-hybridized carbons (Fsp3) is 0.476. The molecule has 0 radical (unpaired) electrons. The first-order valence-corrected chi connectivity index (χ1v) is 9.10. The number of aliphatic hydroxyl groups is 1. The van der Waals surface area contributed by atoms with E-state index in [1.807, 2.05) is 69.4 Å². The average molecular weight is 356 g/mol. The van der Waals surface area contributed by atoms with E-state index in [-0.39, 0.29) is 24.4 Å². The summed E-state index contributed by atoms with van der Waals surface area (Å²) in [6.07, 6.45) is 4.83. The van der Waals surface area contributed by atoms with E-state index in [2.05, 4.69) is 17.1 Å². The number of ether oxygens (including phenoxy) is 2. The number of likely N-dealkylation sites (N-methyl/N-ethyl adjacent to an activating group) is 1. The van der Waals surface area contributed by atoms with Crippen LogP contribution in [0.4, 0.5) is 0 Å². The van der Waals surface area contributed by atoms with Crippen molar-refractivity contribution in [1.29, 1.82) is 0 Å². The standard InChI is InChI=1S/C21H28N2O3/c1-14-20(24)19(23(3)4)21(15(2)26-14)25-11-7-8-16-12-17-9-5-6-10-18(17)22-13-16/h5-10,12-15,19-21,24H,11H2,1-4H3/b8-7+/t14?,15-,19-,20+,21-/m1/s1. The van der Waals surface area contributed by atoms with Crippen molar-refractivity contribution in [3.63, 3.8) is 0 Å². The summed E-state index contributed by atoms with van der Waals surface area (Å²) in [6.45, 7) is 4.36. The second-order valence-electron chi connectivity index (χ2n) is 7.15. The molecule has 5 heteroatoms. The van der Waals surface area contributed by atoms with Crippen LogP contribution in [0.25, 0.3) is 17.0 Å². The van der Waals surface area contributed by atoms with E-state index in [1.54, 1.807) is 0 Å². The highest BCUT2D eigenvalue weighted by Gasteiger charge is 2.43. The highest BCUT2D eigenvalue weighted by molar-refractivity contribution is 5.80. The number of aliphatic hydroxyl groups excluding tert-OH is 1. The Labute approximate surface area is 155 Å². The van der Waals surface area contributed by atoms with Crippen molar-refractivity contribution >= 4 is 17.0 Å². The fourth-order valence-electron chi connectivity index (χ4n) is 3.61. The molecule has 0 amide bonds. The van der Waals surface area contributed by atoms with E-state index >= 15 is 0 Å². The molecule has 0 spiro atoms. The van der Waals surface area contributed by atoms with Crippen molar-refractivity contribution in [3.05, 3.63) is 48.2 Å². The molecule has 1 aliphatic heterocycles. The van der Waals surface area contributed by atoms with Crippen LogP contribution in [0.1, 0.15) is 19.4 Å². The first kappa shape index (κ1) is 19.0. The third kappa shape index (κ3) is 4.13. The van der Waals surface area contributed by atoms with Gasteiger partial charge in [0.15, 0.2) is 0 Å². The van der Waals surface area contributed by atoms with Gasteiger partial charge in [-0.25, -0.2) is 0 Å². The van der Waals surface area contributed by atoms with Crippen LogP contribution in [-0.4, -0.2) is 66.2 Å². The summed E-state index contributed by atoms with van der Waals surface area (Å²) in [7, 11) is 3.93. The topological polar surface area (TPSA) is 54.8 Å². The molecule has 0 bridgehead atoms. The average Bonchev–Trinajstić information content (AvgIpc) is 2.62. The summed E-state index contributed by atoms with van der Waals surface area (Å²) in [5, 5.41) is 11.6. The maximum Gasteiger partial charge on any atom is 0.102 e. The zero-order valence-electron chi connectivity index (χ0n) is 15.9. The summed E-state index contributed by atoms with van der Waals surface area (Å²) in [5.74, 6) is 0. The molecule has 1 saturated heterocycles. The summed E-state index contributed by atoms with van der Waals surface area (Å²) in [5.41, 5.74) is 2.03. The Morgan fingerprint density at radius 2 is 2.00 bits per heavy atom. The lowest BCUT2D eigenvalue weighted by Crippen LogP contribution is -2.61. The maximum absolute atomic E-state index is 10.5. The van der Waals surface area contributed by atoms with Gasteiger partial charge in [0.25, 0.3) is 0 Å². The van der Waals surface area contributed by atoms with Crippen LogP contribution in [0.2, 0.25) is 0 Å². The number of hydrogen-bond donors (Lipinski definition) is 1. The molecular weight excluding hydrogens is 328 g/mol. The van der Waals surface area contributed by atoms with Gasteiger partial charge in [-0.1, -0.05) is 30.4 Å². The predicted octanol–water partition coefficient (Wildman–Crippen LogP) is 2.73. The number of para-hydroxylation sites is 1. The normalized spacial score (nSPS) is 29.7. The van der Waals surface area contributed by atoms with E-state index in [4.69, 9.17) is 9.47 Å². The minimum Gasteiger partial charge on any atom is -0.389 e. The second-order valence-corrected chi connectivity index (χ2v) is 7.15. The van der Waals surface area contributed by atoms with Crippen LogP contribution in [0.5, 0.6) is 0 Å². The summed E-state index contributed by atoms with van der Waals surface area (Å²) >= 11 is 0. The molecule has 1 fully saturated rings. The molecule has 2 aromatic rings. The van der Waals surface area contributed by atoms with Gasteiger partial charge in [0.2, 0.25) is 0 Å². The Kier molecular flexibility index (Phi) is 6.04. The summed E-state index contributed by atoms with van der Waals surface area (Å²) < 4.78 is 11.9. The number of aromatic nitrogens is 1. The Bertz CT molecular complexity index is 762. The lowest BCUT2D eigenvalue weighted by atomic mass is 9.92. The lowest BCUT2D eigenvalue weighted by molar-refractivity contribution is -0.202. The van der Waals surface area contributed by atoms with E-state index in [1.165, 1.54) is 0 Å². The molecule has 1 N–H and O–H groups in total. The first-order valence-electron chi connectivity index (χ1n) is 9.10. The molecule has 0 aliphatic carbocycles. The number of pyridine rings is 1. The Morgan fingerprint density at radius 1 is 1.23 bits per heavy atom. The molecule has 3 rings (SSSR count). The second kappa shape index (κ2) is 8.27. The van der Waals surface area contributed by atoms with Crippen LogP contribution < -0.4 is 0 Å². The van der Waals surface area contributed by atoms with Gasteiger partial charge < -0.3 is 19.5 Å². The van der Waals surface area contributed by atoms with E-state index in [9.17, 15) is 5.11 Å². The van der Waals surface area contributed by atoms with Gasteiger partial charge in [0.1, 0.15) is 6.10 Å². The van der Waals surface area contributed by atoms with Crippen molar-refractivity contribution < 1.29 is 14.6 Å². The highest BCUT2D eigenvalue weighted by atomic mass is 16.6. The van der Waals surface area contributed by atoms with Gasteiger partial charge in [0, 0.05) is 11.6 Å². The first-order chi connectivity index (χ1) is 12.5. The van der Waals surface area contributed by atoms with Crippen molar-refractivity contribution in [3.8, 4) is 0 Å². The van der Waals surface area contributed by atoms with Crippen LogP contribution >= 0.6 is 0 Å². The number of nitrogens with zero attached hydrogens (tertiary/aromatic N) is 2. The van der Waals surface area contributed by atoms with Crippen molar-refractivity contribution in [2.45, 2.75) is 44.3 Å². The van der Waals surface area contributed by atoms with E-state index in [0.29, 0.717) is 6.61 Å². The molecular formula is C21H28N2O3. The number of rotatable bonds is 5. The summed E-state index contributed by atoms with van der Waals surface area (Å²) in [6, 6.07) is 10.1. The fourth-order valence-corrected chi connectivity index (χ4v) is 3.61.